The minimum absolute atomic E-state index is 0.149. The van der Waals surface area contributed by atoms with E-state index >= 15 is 0 Å². The molecule has 23 heavy (non-hydrogen) atoms. The number of aromatic nitrogens is 2. The SMILES string of the molecule is Cc1ccc(N2C(=O)c3c(Cl)[nH+]c4ccccc4[n+]3C2=O)cc1. The summed E-state index contributed by atoms with van der Waals surface area (Å²) in [4.78, 5) is 29.7. The van der Waals surface area contributed by atoms with Crippen LogP contribution in [0.2, 0.25) is 5.15 Å². The zero-order valence-corrected chi connectivity index (χ0v) is 13.0. The third kappa shape index (κ3) is 1.94. The predicted octanol–water partition coefficient (Wildman–Crippen LogP) is 2.53. The highest BCUT2D eigenvalue weighted by atomic mass is 35.5. The number of benzene rings is 2. The number of fused-ring (bicyclic) bond motifs is 3. The van der Waals surface area contributed by atoms with Gasteiger partial charge in [-0.25, -0.2) is 4.79 Å². The molecule has 1 N–H and O–H groups in total. The number of amides is 2. The number of carbonyl (C=O) groups is 2. The van der Waals surface area contributed by atoms with E-state index in [9.17, 15) is 9.59 Å². The van der Waals surface area contributed by atoms with Crippen LogP contribution < -0.4 is 14.5 Å². The first-order valence-corrected chi connectivity index (χ1v) is 7.47. The maximum Gasteiger partial charge on any atom is 0.512 e. The highest BCUT2D eigenvalue weighted by molar-refractivity contribution is 6.34. The molecule has 0 bridgehead atoms. The number of rotatable bonds is 1. The van der Waals surface area contributed by atoms with Crippen molar-refractivity contribution in [2.45, 2.75) is 6.92 Å². The van der Waals surface area contributed by atoms with Gasteiger partial charge >= 0.3 is 22.8 Å². The number of aromatic amines is 1. The number of hydrogen-bond acceptors (Lipinski definition) is 2. The summed E-state index contributed by atoms with van der Waals surface area (Å²) < 4.78 is 1.36. The van der Waals surface area contributed by atoms with Crippen molar-refractivity contribution in [2.75, 3.05) is 4.90 Å². The van der Waals surface area contributed by atoms with Crippen molar-refractivity contribution >= 4 is 40.3 Å². The Hall–Kier alpha value is -2.79. The van der Waals surface area contributed by atoms with Gasteiger partial charge < -0.3 is 0 Å². The molecule has 1 aromatic heterocycles. The molecule has 112 valence electrons. The number of halogens is 1. The number of anilines is 1. The van der Waals surface area contributed by atoms with Gasteiger partial charge in [-0.15, -0.1) is 9.47 Å². The topological polar surface area (TPSA) is 55.4 Å². The highest BCUT2D eigenvalue weighted by Gasteiger charge is 2.52. The number of hydrogen-bond donors (Lipinski definition) is 0. The lowest BCUT2D eigenvalue weighted by atomic mass is 10.2. The van der Waals surface area contributed by atoms with Crippen LogP contribution in [-0.2, 0) is 0 Å². The maximum atomic E-state index is 12.9. The molecule has 0 saturated heterocycles. The average molecular weight is 326 g/mol. The van der Waals surface area contributed by atoms with Gasteiger partial charge in [-0.2, -0.15) is 9.78 Å². The van der Waals surface area contributed by atoms with E-state index in [0.29, 0.717) is 16.7 Å². The molecule has 0 unspecified atom stereocenters. The molecule has 0 spiro atoms. The second-order valence-electron chi connectivity index (χ2n) is 5.40. The molecule has 0 aliphatic carbocycles. The number of nitrogens with one attached hydrogen (secondary N) is 1. The van der Waals surface area contributed by atoms with E-state index in [1.807, 2.05) is 31.2 Å². The van der Waals surface area contributed by atoms with Crippen LogP contribution in [0.1, 0.15) is 16.1 Å². The fourth-order valence-electron chi connectivity index (χ4n) is 2.77. The molecule has 4 rings (SSSR count). The second kappa shape index (κ2) is 4.86. The molecule has 1 aliphatic heterocycles. The van der Waals surface area contributed by atoms with Gasteiger partial charge in [0.25, 0.3) is 5.52 Å². The van der Waals surface area contributed by atoms with Crippen molar-refractivity contribution in [2.24, 2.45) is 0 Å². The van der Waals surface area contributed by atoms with Gasteiger partial charge in [-0.05, 0) is 36.7 Å². The maximum absolute atomic E-state index is 12.9. The Morgan fingerprint density at radius 3 is 2.48 bits per heavy atom. The monoisotopic (exact) mass is 325 g/mol. The molecule has 0 saturated carbocycles. The Balaban J connectivity index is 1.97. The average Bonchev–Trinajstić information content (AvgIpc) is 2.81. The molecule has 5 nitrogen and oxygen atoms in total. The highest BCUT2D eigenvalue weighted by Crippen LogP contribution is 2.24. The molecule has 2 heterocycles. The largest absolute Gasteiger partial charge is 0.512 e. The molecule has 0 atom stereocenters. The minimum Gasteiger partial charge on any atom is -0.235 e. The molecule has 0 radical (unpaired) electrons. The number of imide groups is 1. The van der Waals surface area contributed by atoms with E-state index in [1.54, 1.807) is 24.3 Å². The Morgan fingerprint density at radius 1 is 1.04 bits per heavy atom. The smallest absolute Gasteiger partial charge is 0.235 e. The van der Waals surface area contributed by atoms with Gasteiger partial charge in [0.1, 0.15) is 5.69 Å². The summed E-state index contributed by atoms with van der Waals surface area (Å²) in [5.74, 6) is -0.439. The molecular formula is C17H12ClN3O2+2. The Labute approximate surface area is 136 Å². The van der Waals surface area contributed by atoms with Gasteiger partial charge in [0, 0.05) is 6.07 Å². The summed E-state index contributed by atoms with van der Waals surface area (Å²) in [6, 6.07) is 14.0. The molecule has 3 aromatic rings. The first-order chi connectivity index (χ1) is 11.1. The lowest BCUT2D eigenvalue weighted by Gasteiger charge is -2.04. The minimum atomic E-state index is -0.439. The number of para-hydroxylation sites is 2. The summed E-state index contributed by atoms with van der Waals surface area (Å²) in [5.41, 5.74) is 3.02. The zero-order valence-electron chi connectivity index (χ0n) is 12.2. The third-order valence-corrected chi connectivity index (χ3v) is 4.17. The summed E-state index contributed by atoms with van der Waals surface area (Å²) >= 11 is 6.21. The van der Waals surface area contributed by atoms with E-state index in [-0.39, 0.29) is 10.8 Å². The third-order valence-electron chi connectivity index (χ3n) is 3.90. The van der Waals surface area contributed by atoms with Crippen molar-refractivity contribution in [1.29, 1.82) is 0 Å². The van der Waals surface area contributed by atoms with Crippen LogP contribution in [0.4, 0.5) is 10.5 Å². The number of H-pyrrole nitrogens is 1. The van der Waals surface area contributed by atoms with Gasteiger partial charge in [0.15, 0.2) is 0 Å². The second-order valence-corrected chi connectivity index (χ2v) is 5.78. The lowest BCUT2D eigenvalue weighted by Crippen LogP contribution is -2.47. The Bertz CT molecular complexity index is 983. The van der Waals surface area contributed by atoms with Gasteiger partial charge in [0.2, 0.25) is 5.52 Å². The van der Waals surface area contributed by atoms with E-state index in [2.05, 4.69) is 4.98 Å². The van der Waals surface area contributed by atoms with E-state index in [4.69, 9.17) is 11.6 Å². The van der Waals surface area contributed by atoms with Gasteiger partial charge in [0.05, 0.1) is 0 Å². The summed E-state index contributed by atoms with van der Waals surface area (Å²) in [5, 5.41) is 0.150. The molecule has 2 aromatic carbocycles. The van der Waals surface area contributed by atoms with E-state index < -0.39 is 11.9 Å². The van der Waals surface area contributed by atoms with Crippen LogP contribution in [0.3, 0.4) is 0 Å². The molecule has 0 fully saturated rings. The van der Waals surface area contributed by atoms with Crippen LogP contribution in [-0.4, -0.2) is 11.9 Å². The quantitative estimate of drug-likeness (QED) is 0.646. The fourth-order valence-corrected chi connectivity index (χ4v) is 3.04. The first kappa shape index (κ1) is 13.8. The van der Waals surface area contributed by atoms with Crippen molar-refractivity contribution < 1.29 is 19.1 Å². The van der Waals surface area contributed by atoms with Crippen LogP contribution in [0.15, 0.2) is 48.5 Å². The Morgan fingerprint density at radius 2 is 1.74 bits per heavy atom. The molecular weight excluding hydrogens is 314 g/mol. The fraction of sp³-hybridized carbons (Fsp3) is 0.0588. The van der Waals surface area contributed by atoms with E-state index in [1.165, 1.54) is 4.57 Å². The van der Waals surface area contributed by atoms with Crippen molar-refractivity contribution in [3.63, 3.8) is 0 Å². The van der Waals surface area contributed by atoms with Gasteiger partial charge in [-0.1, -0.05) is 29.8 Å². The molecule has 1 aliphatic rings. The molecule has 6 heteroatoms. The number of nitrogens with zero attached hydrogens (tertiary/aromatic N) is 2. The van der Waals surface area contributed by atoms with Crippen molar-refractivity contribution in [1.82, 2.24) is 0 Å². The van der Waals surface area contributed by atoms with Crippen LogP contribution in [0, 0.1) is 6.92 Å². The lowest BCUT2D eigenvalue weighted by molar-refractivity contribution is -0.550. The molecule has 2 amide bonds. The van der Waals surface area contributed by atoms with Gasteiger partial charge in [-0.3, -0.25) is 0 Å². The van der Waals surface area contributed by atoms with Crippen LogP contribution in [0.25, 0.3) is 11.0 Å². The van der Waals surface area contributed by atoms with Crippen LogP contribution >= 0.6 is 11.6 Å². The summed E-state index contributed by atoms with van der Waals surface area (Å²) in [7, 11) is 0. The zero-order chi connectivity index (χ0) is 16.1. The normalized spacial score (nSPS) is 13.7. The summed E-state index contributed by atoms with van der Waals surface area (Å²) in [6.45, 7) is 1.94. The van der Waals surface area contributed by atoms with Crippen LogP contribution in [0.5, 0.6) is 0 Å². The Kier molecular flexibility index (Phi) is 2.92. The first-order valence-electron chi connectivity index (χ1n) is 7.09. The number of carbonyl (C=O) groups excluding carboxylic acids is 2. The van der Waals surface area contributed by atoms with Crippen molar-refractivity contribution in [3.8, 4) is 0 Å². The van der Waals surface area contributed by atoms with E-state index in [0.717, 1.165) is 10.5 Å². The predicted molar refractivity (Wildman–Crippen MR) is 84.5 cm³/mol. The summed E-state index contributed by atoms with van der Waals surface area (Å²) in [6.07, 6.45) is 0. The van der Waals surface area contributed by atoms with Crippen molar-refractivity contribution in [3.05, 3.63) is 64.9 Å². The number of aryl methyl sites for hydroxylation is 1. The standard InChI is InChI=1S/C17H11ClN3O2/c1-10-6-8-11(9-7-10)20-16(22)14-15(18)19-12-4-2-3-5-13(12)21(14)17(20)23/h2-9H,1H3/q+1/p+1.